The lowest BCUT2D eigenvalue weighted by molar-refractivity contribution is 0.426. The molecule has 132 valence electrons. The molecule has 2 N–H and O–H groups in total. The van der Waals surface area contributed by atoms with E-state index in [1.807, 2.05) is 67.3 Å². The molecule has 0 saturated carbocycles. The average molecular weight is 386 g/mol. The molecule has 0 fully saturated rings. The van der Waals surface area contributed by atoms with Crippen molar-refractivity contribution in [3.63, 3.8) is 0 Å². The maximum atomic E-state index is 9.48. The van der Waals surface area contributed by atoms with Crippen LogP contribution in [0.4, 0.5) is 17.1 Å². The Bertz CT molecular complexity index is 844. The molecule has 3 rings (SSSR count). The molecule has 0 saturated heterocycles. The third-order valence-corrected chi connectivity index (χ3v) is 4.79. The van der Waals surface area contributed by atoms with Gasteiger partial charge in [0.1, 0.15) is 0 Å². The van der Waals surface area contributed by atoms with Crippen LogP contribution in [0.25, 0.3) is 0 Å². The van der Waals surface area contributed by atoms with Crippen molar-refractivity contribution in [3.8, 4) is 0 Å². The Hall–Kier alpha value is -1.98. The van der Waals surface area contributed by atoms with E-state index in [0.29, 0.717) is 0 Å². The zero-order valence-electron chi connectivity index (χ0n) is 14.4. The fourth-order valence-electron chi connectivity index (χ4n) is 2.78. The molecule has 0 atom stereocenters. The van der Waals surface area contributed by atoms with E-state index in [2.05, 4.69) is 0 Å². The van der Waals surface area contributed by atoms with E-state index in [1.165, 1.54) is 0 Å². The number of hydrogen-bond donors (Lipinski definition) is 2. The van der Waals surface area contributed by atoms with Crippen LogP contribution < -0.4 is 10.4 Å². The zero-order chi connectivity index (χ0) is 18.8. The number of anilines is 3. The largest absolute Gasteiger partial charge is 0.491 e. The molecule has 0 aliphatic rings. The summed E-state index contributed by atoms with van der Waals surface area (Å²) in [7, 11) is -1.73. The Morgan fingerprint density at radius 3 is 1.42 bits per heavy atom. The van der Waals surface area contributed by atoms with Crippen molar-refractivity contribution in [3.05, 3.63) is 81.8 Å². The van der Waals surface area contributed by atoms with Crippen LogP contribution in [0.3, 0.4) is 0 Å². The van der Waals surface area contributed by atoms with E-state index in [9.17, 15) is 10.0 Å². The number of hydrogen-bond acceptors (Lipinski definition) is 3. The molecule has 3 nitrogen and oxygen atoms in total. The van der Waals surface area contributed by atoms with E-state index < -0.39 is 7.12 Å². The van der Waals surface area contributed by atoms with Crippen molar-refractivity contribution in [2.75, 3.05) is 4.90 Å². The van der Waals surface area contributed by atoms with Gasteiger partial charge in [0, 0.05) is 32.6 Å². The summed E-state index contributed by atoms with van der Waals surface area (Å²) < 4.78 is 0. The highest BCUT2D eigenvalue weighted by molar-refractivity contribution is 6.66. The van der Waals surface area contributed by atoms with Crippen molar-refractivity contribution >= 4 is 52.8 Å². The Morgan fingerprint density at radius 1 is 0.692 bits per heavy atom. The highest BCUT2D eigenvalue weighted by atomic mass is 35.5. The molecule has 0 aromatic heterocycles. The lowest BCUT2D eigenvalue weighted by atomic mass is 9.80. The van der Waals surface area contributed by atoms with Crippen LogP contribution in [0.2, 0.25) is 10.0 Å². The highest BCUT2D eigenvalue weighted by Crippen LogP contribution is 2.37. The number of rotatable bonds is 4. The molecular weight excluding hydrogens is 368 g/mol. The van der Waals surface area contributed by atoms with Gasteiger partial charge in [-0.15, -0.1) is 0 Å². The summed E-state index contributed by atoms with van der Waals surface area (Å²) in [5.41, 5.74) is 5.05. The maximum absolute atomic E-state index is 9.48. The van der Waals surface area contributed by atoms with Gasteiger partial charge in [-0.3, -0.25) is 0 Å². The van der Waals surface area contributed by atoms with Gasteiger partial charge in [0.05, 0.1) is 0 Å². The van der Waals surface area contributed by atoms with Crippen molar-refractivity contribution in [2.45, 2.75) is 13.8 Å². The molecule has 0 unspecified atom stereocenters. The van der Waals surface area contributed by atoms with Gasteiger partial charge >= 0.3 is 7.12 Å². The van der Waals surface area contributed by atoms with Gasteiger partial charge in [0.15, 0.2) is 0 Å². The Labute approximate surface area is 163 Å². The Balaban J connectivity index is 2.18. The predicted molar refractivity (Wildman–Crippen MR) is 110 cm³/mol. The molecule has 0 bridgehead atoms. The third kappa shape index (κ3) is 3.89. The average Bonchev–Trinajstić information content (AvgIpc) is 2.57. The number of halogens is 2. The normalized spacial score (nSPS) is 10.7. The molecule has 3 aromatic rings. The van der Waals surface area contributed by atoms with Gasteiger partial charge in [-0.05, 0) is 50.2 Å². The van der Waals surface area contributed by atoms with Crippen LogP contribution in [0.5, 0.6) is 0 Å². The summed E-state index contributed by atoms with van der Waals surface area (Å²) in [5.74, 6) is 0. The quantitative estimate of drug-likeness (QED) is 0.636. The highest BCUT2D eigenvalue weighted by Gasteiger charge is 2.22. The van der Waals surface area contributed by atoms with E-state index in [4.69, 9.17) is 23.2 Å². The molecule has 26 heavy (non-hydrogen) atoms. The van der Waals surface area contributed by atoms with Crippen LogP contribution in [0.1, 0.15) is 11.1 Å². The maximum Gasteiger partial charge on any atom is 0.491 e. The first kappa shape index (κ1) is 18.8. The lowest BCUT2D eigenvalue weighted by Crippen LogP contribution is -2.32. The van der Waals surface area contributed by atoms with Crippen LogP contribution in [0, 0.1) is 13.8 Å². The SMILES string of the molecule is Cc1ccc(N(c2ccc(C)cc2)c2cc(Cl)c(B(O)O)c(Cl)c2)cc1. The fraction of sp³-hybridized carbons (Fsp3) is 0.100. The Morgan fingerprint density at radius 2 is 1.08 bits per heavy atom. The van der Waals surface area contributed by atoms with E-state index >= 15 is 0 Å². The minimum absolute atomic E-state index is 0.102. The molecule has 3 aromatic carbocycles. The van der Waals surface area contributed by atoms with Gasteiger partial charge in [-0.25, -0.2) is 0 Å². The van der Waals surface area contributed by atoms with Gasteiger partial charge in [0.25, 0.3) is 0 Å². The van der Waals surface area contributed by atoms with Crippen LogP contribution in [-0.4, -0.2) is 17.2 Å². The topological polar surface area (TPSA) is 43.7 Å². The summed E-state index contributed by atoms with van der Waals surface area (Å²) in [6.07, 6.45) is 0. The summed E-state index contributed by atoms with van der Waals surface area (Å²) in [4.78, 5) is 2.02. The standard InChI is InChI=1S/C20H18BCl2NO2/c1-13-3-7-15(8-4-13)24(16-9-5-14(2)6-10-16)17-11-18(22)20(21(25)26)19(23)12-17/h3-12,25-26H,1-2H3. The molecular formula is C20H18BCl2NO2. The smallest absolute Gasteiger partial charge is 0.423 e. The molecule has 0 aliphatic heterocycles. The van der Waals surface area contributed by atoms with Gasteiger partial charge in [-0.1, -0.05) is 58.6 Å². The second-order valence-corrected chi connectivity index (χ2v) is 7.02. The van der Waals surface area contributed by atoms with Crippen molar-refractivity contribution in [1.82, 2.24) is 0 Å². The first-order valence-electron chi connectivity index (χ1n) is 8.15. The number of aryl methyl sites for hydroxylation is 2. The first-order valence-corrected chi connectivity index (χ1v) is 8.91. The first-order chi connectivity index (χ1) is 12.4. The molecule has 6 heteroatoms. The second kappa shape index (κ2) is 7.72. The van der Waals surface area contributed by atoms with E-state index in [0.717, 1.165) is 28.2 Å². The molecule has 0 radical (unpaired) electrons. The summed E-state index contributed by atoms with van der Waals surface area (Å²) in [5, 5.41) is 19.4. The van der Waals surface area contributed by atoms with Crippen LogP contribution in [-0.2, 0) is 0 Å². The van der Waals surface area contributed by atoms with E-state index in [-0.39, 0.29) is 15.5 Å². The minimum Gasteiger partial charge on any atom is -0.423 e. The predicted octanol–water partition coefficient (Wildman–Crippen LogP) is 4.76. The molecule has 0 amide bonds. The van der Waals surface area contributed by atoms with Gasteiger partial charge < -0.3 is 14.9 Å². The summed E-state index contributed by atoms with van der Waals surface area (Å²) in [6, 6.07) is 19.6. The van der Waals surface area contributed by atoms with Crippen LogP contribution in [0.15, 0.2) is 60.7 Å². The van der Waals surface area contributed by atoms with Crippen molar-refractivity contribution in [1.29, 1.82) is 0 Å². The monoisotopic (exact) mass is 385 g/mol. The van der Waals surface area contributed by atoms with Gasteiger partial charge in [0.2, 0.25) is 0 Å². The van der Waals surface area contributed by atoms with Crippen LogP contribution >= 0.6 is 23.2 Å². The zero-order valence-corrected chi connectivity index (χ0v) is 16.0. The third-order valence-electron chi connectivity index (χ3n) is 4.16. The van der Waals surface area contributed by atoms with Crippen molar-refractivity contribution < 1.29 is 10.0 Å². The minimum atomic E-state index is -1.73. The molecule has 0 aliphatic carbocycles. The lowest BCUT2D eigenvalue weighted by Gasteiger charge is -2.26. The Kier molecular flexibility index (Phi) is 5.59. The summed E-state index contributed by atoms with van der Waals surface area (Å²) in [6.45, 7) is 4.07. The number of benzene rings is 3. The number of nitrogens with zero attached hydrogens (tertiary/aromatic N) is 1. The molecule has 0 heterocycles. The fourth-order valence-corrected chi connectivity index (χ4v) is 3.45. The van der Waals surface area contributed by atoms with Crippen molar-refractivity contribution in [2.24, 2.45) is 0 Å². The molecule has 0 spiro atoms. The summed E-state index contributed by atoms with van der Waals surface area (Å²) >= 11 is 12.5. The van der Waals surface area contributed by atoms with Gasteiger partial charge in [-0.2, -0.15) is 0 Å². The second-order valence-electron chi connectivity index (χ2n) is 6.20. The van der Waals surface area contributed by atoms with E-state index in [1.54, 1.807) is 12.1 Å².